The van der Waals surface area contributed by atoms with Gasteiger partial charge in [-0.2, -0.15) is 0 Å². The number of rotatable bonds is 6. The normalized spacial score (nSPS) is 11.1. The summed E-state index contributed by atoms with van der Waals surface area (Å²) in [5, 5.41) is 4.73. The fraction of sp³-hybridized carbons (Fsp3) is 0.400. The van der Waals surface area contributed by atoms with Crippen molar-refractivity contribution in [3.63, 3.8) is 0 Å². The number of hydrogen-bond acceptors (Lipinski definition) is 2. The van der Waals surface area contributed by atoms with Crippen molar-refractivity contribution in [3.8, 4) is 0 Å². The number of nitrogens with one attached hydrogen (secondary N) is 1. The van der Waals surface area contributed by atoms with E-state index in [0.29, 0.717) is 16.0 Å². The Morgan fingerprint density at radius 2 is 2.10 bits per heavy atom. The van der Waals surface area contributed by atoms with Gasteiger partial charge in [0.1, 0.15) is 0 Å². The average molecular weight is 312 g/mol. The SMILES string of the molecule is CC(C)Cn1ccnc1NCCc1ccc(Cl)cc1Cl. The molecule has 0 saturated heterocycles. The minimum absolute atomic E-state index is 0.593. The second-order valence-corrected chi connectivity index (χ2v) is 6.05. The van der Waals surface area contributed by atoms with Gasteiger partial charge in [0.05, 0.1) is 0 Å². The van der Waals surface area contributed by atoms with E-state index in [1.807, 2.05) is 24.5 Å². The van der Waals surface area contributed by atoms with Gasteiger partial charge in [-0.05, 0) is 30.0 Å². The molecule has 1 aromatic heterocycles. The largest absolute Gasteiger partial charge is 0.355 e. The number of anilines is 1. The zero-order valence-electron chi connectivity index (χ0n) is 11.7. The van der Waals surface area contributed by atoms with Crippen molar-refractivity contribution in [1.29, 1.82) is 0 Å². The first-order chi connectivity index (χ1) is 9.56. The third-order valence-electron chi connectivity index (χ3n) is 2.97. The molecule has 1 N–H and O–H groups in total. The molecule has 3 nitrogen and oxygen atoms in total. The summed E-state index contributed by atoms with van der Waals surface area (Å²) in [7, 11) is 0. The molecular weight excluding hydrogens is 293 g/mol. The molecule has 0 bridgehead atoms. The van der Waals surface area contributed by atoms with Gasteiger partial charge in [0, 0.05) is 35.5 Å². The number of benzene rings is 1. The van der Waals surface area contributed by atoms with Crippen LogP contribution in [0.25, 0.3) is 0 Å². The lowest BCUT2D eigenvalue weighted by Gasteiger charge is -2.12. The minimum Gasteiger partial charge on any atom is -0.355 e. The lowest BCUT2D eigenvalue weighted by Crippen LogP contribution is -2.12. The van der Waals surface area contributed by atoms with E-state index >= 15 is 0 Å². The lowest BCUT2D eigenvalue weighted by atomic mass is 10.1. The fourth-order valence-electron chi connectivity index (χ4n) is 2.05. The van der Waals surface area contributed by atoms with E-state index < -0.39 is 0 Å². The first kappa shape index (κ1) is 15.2. The Labute approximate surface area is 129 Å². The monoisotopic (exact) mass is 311 g/mol. The van der Waals surface area contributed by atoms with E-state index in [1.54, 1.807) is 6.07 Å². The van der Waals surface area contributed by atoms with Crippen molar-refractivity contribution in [1.82, 2.24) is 9.55 Å². The second-order valence-electron chi connectivity index (χ2n) is 5.21. The zero-order valence-corrected chi connectivity index (χ0v) is 13.2. The Bertz CT molecular complexity index is 564. The van der Waals surface area contributed by atoms with Crippen molar-refractivity contribution in [2.24, 2.45) is 5.92 Å². The Hall–Kier alpha value is -1.19. The third-order valence-corrected chi connectivity index (χ3v) is 3.56. The molecule has 0 atom stereocenters. The van der Waals surface area contributed by atoms with Crippen LogP contribution in [0.5, 0.6) is 0 Å². The number of imidazole rings is 1. The Morgan fingerprint density at radius 3 is 2.80 bits per heavy atom. The number of nitrogens with zero attached hydrogens (tertiary/aromatic N) is 2. The topological polar surface area (TPSA) is 29.9 Å². The van der Waals surface area contributed by atoms with Crippen LogP contribution in [0.1, 0.15) is 19.4 Å². The molecule has 2 aromatic rings. The smallest absolute Gasteiger partial charge is 0.202 e. The molecule has 20 heavy (non-hydrogen) atoms. The van der Waals surface area contributed by atoms with Crippen LogP contribution in [-0.2, 0) is 13.0 Å². The van der Waals surface area contributed by atoms with E-state index in [4.69, 9.17) is 23.2 Å². The van der Waals surface area contributed by atoms with Crippen molar-refractivity contribution in [2.75, 3.05) is 11.9 Å². The molecule has 0 fully saturated rings. The van der Waals surface area contributed by atoms with Gasteiger partial charge in [0.25, 0.3) is 0 Å². The summed E-state index contributed by atoms with van der Waals surface area (Å²) in [6.45, 7) is 6.13. The van der Waals surface area contributed by atoms with E-state index in [1.165, 1.54) is 0 Å². The van der Waals surface area contributed by atoms with Crippen LogP contribution in [0.4, 0.5) is 5.95 Å². The van der Waals surface area contributed by atoms with Gasteiger partial charge < -0.3 is 9.88 Å². The third kappa shape index (κ3) is 4.15. The van der Waals surface area contributed by atoms with Crippen molar-refractivity contribution >= 4 is 29.2 Å². The number of hydrogen-bond donors (Lipinski definition) is 1. The van der Waals surface area contributed by atoms with Gasteiger partial charge in [-0.15, -0.1) is 0 Å². The molecule has 0 spiro atoms. The zero-order chi connectivity index (χ0) is 14.5. The Balaban J connectivity index is 1.91. The molecule has 5 heteroatoms. The van der Waals surface area contributed by atoms with Crippen LogP contribution in [0.15, 0.2) is 30.6 Å². The van der Waals surface area contributed by atoms with Crippen molar-refractivity contribution < 1.29 is 0 Å². The maximum Gasteiger partial charge on any atom is 0.202 e. The van der Waals surface area contributed by atoms with E-state index in [0.717, 1.165) is 31.0 Å². The maximum absolute atomic E-state index is 6.16. The van der Waals surface area contributed by atoms with Crippen LogP contribution >= 0.6 is 23.2 Å². The van der Waals surface area contributed by atoms with Gasteiger partial charge in [-0.1, -0.05) is 43.1 Å². The predicted molar refractivity (Wildman–Crippen MR) is 85.7 cm³/mol. The highest BCUT2D eigenvalue weighted by Crippen LogP contribution is 2.21. The van der Waals surface area contributed by atoms with Crippen LogP contribution in [0.3, 0.4) is 0 Å². The summed E-state index contributed by atoms with van der Waals surface area (Å²) in [4.78, 5) is 4.33. The highest BCUT2D eigenvalue weighted by Gasteiger charge is 2.05. The molecule has 0 aliphatic rings. The van der Waals surface area contributed by atoms with E-state index in [-0.39, 0.29) is 0 Å². The van der Waals surface area contributed by atoms with Crippen molar-refractivity contribution in [2.45, 2.75) is 26.8 Å². The molecule has 0 unspecified atom stereocenters. The van der Waals surface area contributed by atoms with Crippen LogP contribution < -0.4 is 5.32 Å². The van der Waals surface area contributed by atoms with Crippen molar-refractivity contribution in [3.05, 3.63) is 46.2 Å². The van der Waals surface area contributed by atoms with Crippen LogP contribution in [0.2, 0.25) is 10.0 Å². The average Bonchev–Trinajstić information content (AvgIpc) is 2.79. The Morgan fingerprint density at radius 1 is 1.30 bits per heavy atom. The highest BCUT2D eigenvalue weighted by atomic mass is 35.5. The standard InChI is InChI=1S/C15H19Cl2N3/c1-11(2)10-20-8-7-19-15(20)18-6-5-12-3-4-13(16)9-14(12)17/h3-4,7-9,11H,5-6,10H2,1-2H3,(H,18,19). The summed E-state index contributed by atoms with van der Waals surface area (Å²) >= 11 is 12.0. The summed E-state index contributed by atoms with van der Waals surface area (Å²) in [5.74, 6) is 1.50. The van der Waals surface area contributed by atoms with Crippen LogP contribution in [0, 0.1) is 5.92 Å². The van der Waals surface area contributed by atoms with Gasteiger partial charge in [-0.3, -0.25) is 0 Å². The summed E-state index contributed by atoms with van der Waals surface area (Å²) in [5.41, 5.74) is 1.09. The molecular formula is C15H19Cl2N3. The quantitative estimate of drug-likeness (QED) is 0.851. The molecule has 2 rings (SSSR count). The van der Waals surface area contributed by atoms with Gasteiger partial charge >= 0.3 is 0 Å². The summed E-state index contributed by atoms with van der Waals surface area (Å²) < 4.78 is 2.13. The first-order valence-corrected chi connectivity index (χ1v) is 7.51. The minimum atomic E-state index is 0.593. The van der Waals surface area contributed by atoms with E-state index in [9.17, 15) is 0 Å². The van der Waals surface area contributed by atoms with Gasteiger partial charge in [-0.25, -0.2) is 4.98 Å². The highest BCUT2D eigenvalue weighted by molar-refractivity contribution is 6.35. The molecule has 0 aliphatic carbocycles. The first-order valence-electron chi connectivity index (χ1n) is 6.75. The fourth-order valence-corrected chi connectivity index (χ4v) is 2.55. The number of aromatic nitrogens is 2. The summed E-state index contributed by atoms with van der Waals surface area (Å²) in [6, 6.07) is 5.60. The predicted octanol–water partition coefficient (Wildman–Crippen LogP) is 4.50. The molecule has 0 saturated carbocycles. The molecule has 0 radical (unpaired) electrons. The van der Waals surface area contributed by atoms with Gasteiger partial charge in [0.15, 0.2) is 0 Å². The molecule has 108 valence electrons. The van der Waals surface area contributed by atoms with E-state index in [2.05, 4.69) is 28.7 Å². The molecule has 0 amide bonds. The maximum atomic E-state index is 6.16. The molecule has 1 heterocycles. The number of halogens is 2. The summed E-state index contributed by atoms with van der Waals surface area (Å²) in [6.07, 6.45) is 4.65. The van der Waals surface area contributed by atoms with Gasteiger partial charge in [0.2, 0.25) is 5.95 Å². The second kappa shape index (κ2) is 7.00. The van der Waals surface area contributed by atoms with Crippen LogP contribution in [-0.4, -0.2) is 16.1 Å². The lowest BCUT2D eigenvalue weighted by molar-refractivity contribution is 0.526. The Kier molecular flexibility index (Phi) is 5.32. The molecule has 0 aliphatic heterocycles. The molecule has 1 aromatic carbocycles.